The molecule has 1 aromatic carbocycles. The van der Waals surface area contributed by atoms with Crippen molar-refractivity contribution >= 4 is 55.4 Å². The van der Waals surface area contributed by atoms with E-state index in [1.54, 1.807) is 6.07 Å². The molecule has 6 nitrogen and oxygen atoms in total. The highest BCUT2D eigenvalue weighted by atomic mass is 79.9. The molecule has 27 heavy (non-hydrogen) atoms. The van der Waals surface area contributed by atoms with Gasteiger partial charge < -0.3 is 14.8 Å². The second-order valence-corrected chi connectivity index (χ2v) is 9.37. The van der Waals surface area contributed by atoms with Crippen molar-refractivity contribution in [2.45, 2.75) is 31.2 Å². The number of halogens is 2. The van der Waals surface area contributed by atoms with Crippen molar-refractivity contribution in [1.82, 2.24) is 0 Å². The normalized spacial score (nSPS) is 33.1. The molecule has 1 saturated heterocycles. The molecule has 144 valence electrons. The Bertz CT molecular complexity index is 842. The van der Waals surface area contributed by atoms with Gasteiger partial charge in [-0.15, -0.1) is 0 Å². The number of amides is 1. The third kappa shape index (κ3) is 3.01. The van der Waals surface area contributed by atoms with Gasteiger partial charge >= 0.3 is 11.9 Å². The van der Waals surface area contributed by atoms with Gasteiger partial charge in [0.15, 0.2) is 6.61 Å². The summed E-state index contributed by atoms with van der Waals surface area (Å²) < 4.78 is 11.6. The molecule has 1 aromatic rings. The monoisotopic (exact) mass is 499 g/mol. The second kappa shape index (κ2) is 6.88. The summed E-state index contributed by atoms with van der Waals surface area (Å²) in [5, 5.41) is 2.77. The molecule has 1 aliphatic heterocycles. The van der Waals surface area contributed by atoms with E-state index < -0.39 is 23.7 Å². The molecule has 3 aliphatic rings. The van der Waals surface area contributed by atoms with Gasteiger partial charge in [0.25, 0.3) is 5.91 Å². The van der Waals surface area contributed by atoms with Gasteiger partial charge in [0.2, 0.25) is 0 Å². The lowest BCUT2D eigenvalue weighted by Gasteiger charge is -2.26. The Kier molecular flexibility index (Phi) is 4.83. The van der Waals surface area contributed by atoms with Crippen LogP contribution in [0.15, 0.2) is 16.6 Å². The zero-order valence-corrected chi connectivity index (χ0v) is 18.0. The number of hydrogen-bond acceptors (Lipinski definition) is 5. The Morgan fingerprint density at radius 3 is 2.74 bits per heavy atom. The highest BCUT2D eigenvalue weighted by molar-refractivity contribution is 9.10. The van der Waals surface area contributed by atoms with Crippen molar-refractivity contribution in [3.8, 4) is 0 Å². The fourth-order valence-electron chi connectivity index (χ4n) is 4.64. The number of anilines is 1. The van der Waals surface area contributed by atoms with Crippen molar-refractivity contribution in [2.24, 2.45) is 23.7 Å². The van der Waals surface area contributed by atoms with Crippen molar-refractivity contribution < 1.29 is 23.9 Å². The van der Waals surface area contributed by atoms with Crippen LogP contribution in [0.3, 0.4) is 0 Å². The molecule has 1 N–H and O–H groups in total. The van der Waals surface area contributed by atoms with Crippen LogP contribution in [-0.4, -0.2) is 35.4 Å². The topological polar surface area (TPSA) is 81.7 Å². The number of rotatable bonds is 4. The van der Waals surface area contributed by atoms with Crippen LogP contribution in [0.4, 0.5) is 5.69 Å². The average Bonchev–Trinajstić information content (AvgIpc) is 3.24. The van der Waals surface area contributed by atoms with Gasteiger partial charge in [0.1, 0.15) is 6.10 Å². The van der Waals surface area contributed by atoms with E-state index in [0.29, 0.717) is 5.69 Å². The SMILES string of the molecule is Cc1c(Br)ccc(NC(=O)COC(=O)[C@@H]2[C@H]3C[C@H]4[C@H](OC(=O)[C@H]42)[C@H]3Br)c1C. The Morgan fingerprint density at radius 2 is 2.00 bits per heavy atom. The molecule has 1 amide bonds. The highest BCUT2D eigenvalue weighted by Crippen LogP contribution is 2.60. The molecular weight excluding hydrogens is 482 g/mol. The molecule has 2 bridgehead atoms. The van der Waals surface area contributed by atoms with E-state index in [4.69, 9.17) is 9.47 Å². The molecular formula is C19H19Br2NO5. The third-order valence-electron chi connectivity index (χ3n) is 6.14. The zero-order chi connectivity index (χ0) is 19.5. The van der Waals surface area contributed by atoms with E-state index >= 15 is 0 Å². The van der Waals surface area contributed by atoms with Crippen LogP contribution in [-0.2, 0) is 23.9 Å². The van der Waals surface area contributed by atoms with Crippen LogP contribution in [0, 0.1) is 37.5 Å². The van der Waals surface area contributed by atoms with Crippen molar-refractivity contribution in [1.29, 1.82) is 0 Å². The smallest absolute Gasteiger partial charge is 0.310 e. The lowest BCUT2D eigenvalue weighted by molar-refractivity contribution is -0.157. The number of carbonyl (C=O) groups is 3. The summed E-state index contributed by atoms with van der Waals surface area (Å²) in [7, 11) is 0. The summed E-state index contributed by atoms with van der Waals surface area (Å²) in [6.45, 7) is 3.49. The lowest BCUT2D eigenvalue weighted by Crippen LogP contribution is -2.39. The minimum absolute atomic E-state index is 0.0170. The minimum atomic E-state index is -0.532. The fourth-order valence-corrected chi connectivity index (χ4v) is 6.11. The number of benzene rings is 1. The van der Waals surface area contributed by atoms with Gasteiger partial charge in [-0.25, -0.2) is 0 Å². The first-order valence-corrected chi connectivity index (χ1v) is 10.6. The standard InChI is InChI=1S/C19H19Br2NO5/c1-7-8(2)12(4-3-11(7)20)22-13(23)6-26-18(24)14-9-5-10-15(14)19(25)27-17(10)16(9)21/h3-4,9-10,14-17H,5-6H2,1-2H3,(H,22,23)/t9-,10-,14-,15-,16+,17+/m1/s1. The molecule has 2 saturated carbocycles. The predicted molar refractivity (Wildman–Crippen MR) is 104 cm³/mol. The number of alkyl halides is 1. The maximum atomic E-state index is 12.6. The number of esters is 2. The number of ether oxygens (including phenoxy) is 2. The summed E-state index contributed by atoms with van der Waals surface area (Å²) >= 11 is 7.01. The quantitative estimate of drug-likeness (QED) is 0.507. The Balaban J connectivity index is 1.38. The molecule has 3 fully saturated rings. The van der Waals surface area contributed by atoms with Crippen LogP contribution < -0.4 is 5.32 Å². The van der Waals surface area contributed by atoms with E-state index in [9.17, 15) is 14.4 Å². The number of fused-ring (bicyclic) bond motifs is 1. The average molecular weight is 501 g/mol. The van der Waals surface area contributed by atoms with Crippen LogP contribution in [0.25, 0.3) is 0 Å². The molecule has 0 aromatic heterocycles. The first-order chi connectivity index (χ1) is 12.8. The summed E-state index contributed by atoms with van der Waals surface area (Å²) in [5.41, 5.74) is 2.66. The van der Waals surface area contributed by atoms with Crippen LogP contribution in [0.2, 0.25) is 0 Å². The zero-order valence-electron chi connectivity index (χ0n) is 14.8. The lowest BCUT2D eigenvalue weighted by atomic mass is 9.80. The van der Waals surface area contributed by atoms with E-state index in [2.05, 4.69) is 37.2 Å². The predicted octanol–water partition coefficient (Wildman–Crippen LogP) is 3.12. The molecule has 0 spiro atoms. The Morgan fingerprint density at radius 1 is 1.26 bits per heavy atom. The maximum Gasteiger partial charge on any atom is 0.310 e. The first kappa shape index (κ1) is 18.9. The van der Waals surface area contributed by atoms with Gasteiger partial charge in [-0.05, 0) is 49.4 Å². The van der Waals surface area contributed by atoms with Crippen molar-refractivity contribution in [3.63, 3.8) is 0 Å². The Labute approximate surface area is 173 Å². The van der Waals surface area contributed by atoms with Gasteiger partial charge in [-0.1, -0.05) is 31.9 Å². The van der Waals surface area contributed by atoms with Gasteiger partial charge in [0.05, 0.1) is 16.7 Å². The van der Waals surface area contributed by atoms with E-state index in [-0.39, 0.29) is 35.3 Å². The van der Waals surface area contributed by atoms with Crippen LogP contribution in [0.1, 0.15) is 17.5 Å². The van der Waals surface area contributed by atoms with E-state index in [1.165, 1.54) is 0 Å². The number of nitrogens with one attached hydrogen (secondary N) is 1. The second-order valence-electron chi connectivity index (χ2n) is 7.46. The summed E-state index contributed by atoms with van der Waals surface area (Å²) in [5.74, 6) is -2.08. The largest absolute Gasteiger partial charge is 0.461 e. The molecule has 8 heteroatoms. The minimum Gasteiger partial charge on any atom is -0.461 e. The summed E-state index contributed by atoms with van der Waals surface area (Å²) in [6.07, 6.45) is 0.642. The first-order valence-electron chi connectivity index (χ1n) is 8.86. The third-order valence-corrected chi connectivity index (χ3v) is 8.20. The molecule has 1 heterocycles. The Hall–Kier alpha value is -1.41. The molecule has 0 radical (unpaired) electrons. The fraction of sp³-hybridized carbons (Fsp3) is 0.526. The van der Waals surface area contributed by atoms with Gasteiger partial charge in [-0.3, -0.25) is 14.4 Å². The van der Waals surface area contributed by atoms with Crippen LogP contribution in [0.5, 0.6) is 0 Å². The molecule has 2 aliphatic carbocycles. The van der Waals surface area contributed by atoms with Gasteiger partial charge in [0, 0.05) is 16.1 Å². The van der Waals surface area contributed by atoms with Crippen LogP contribution >= 0.6 is 31.9 Å². The number of hydrogen-bond donors (Lipinski definition) is 1. The summed E-state index contributed by atoms with van der Waals surface area (Å²) in [6, 6.07) is 3.66. The molecule has 4 rings (SSSR count). The van der Waals surface area contributed by atoms with E-state index in [1.807, 2.05) is 19.9 Å². The molecule has 0 unspecified atom stereocenters. The van der Waals surface area contributed by atoms with Gasteiger partial charge in [-0.2, -0.15) is 0 Å². The van der Waals surface area contributed by atoms with Crippen molar-refractivity contribution in [3.05, 3.63) is 27.7 Å². The van der Waals surface area contributed by atoms with Crippen molar-refractivity contribution in [2.75, 3.05) is 11.9 Å². The number of carbonyl (C=O) groups excluding carboxylic acids is 3. The molecule has 6 atom stereocenters. The maximum absolute atomic E-state index is 12.6. The van der Waals surface area contributed by atoms with E-state index in [0.717, 1.165) is 22.0 Å². The summed E-state index contributed by atoms with van der Waals surface area (Å²) in [4.78, 5) is 36.9. The highest BCUT2D eigenvalue weighted by Gasteiger charge is 2.68.